The van der Waals surface area contributed by atoms with Crippen molar-refractivity contribution in [1.82, 2.24) is 15.8 Å². The summed E-state index contributed by atoms with van der Waals surface area (Å²) in [6.07, 6.45) is 1.69. The fraction of sp³-hybridized carbons (Fsp3) is 0.318. The lowest BCUT2D eigenvalue weighted by atomic mass is 9.61. The molecular formula is C22H22ClN3O3. The molecule has 4 rings (SSSR count). The number of carbonyl (C=O) groups is 2. The van der Waals surface area contributed by atoms with Crippen LogP contribution in [0.5, 0.6) is 0 Å². The lowest BCUT2D eigenvalue weighted by molar-refractivity contribution is -0.123. The maximum Gasteiger partial charge on any atom is 0.234 e. The van der Waals surface area contributed by atoms with Gasteiger partial charge in [-0.3, -0.25) is 9.59 Å². The van der Waals surface area contributed by atoms with E-state index in [0.717, 1.165) is 23.8 Å². The Morgan fingerprint density at radius 2 is 1.79 bits per heavy atom. The number of fused-ring (bicyclic) bond motifs is 1. The van der Waals surface area contributed by atoms with Crippen LogP contribution in [0, 0.1) is 0 Å². The van der Waals surface area contributed by atoms with Gasteiger partial charge in [-0.15, -0.1) is 11.6 Å². The van der Waals surface area contributed by atoms with Gasteiger partial charge in [-0.1, -0.05) is 47.6 Å². The average molecular weight is 412 g/mol. The van der Waals surface area contributed by atoms with Gasteiger partial charge in [0.15, 0.2) is 5.58 Å². The monoisotopic (exact) mass is 411 g/mol. The number of nitrogens with zero attached hydrogens (tertiary/aromatic N) is 1. The molecule has 2 amide bonds. The van der Waals surface area contributed by atoms with Crippen LogP contribution in [-0.4, -0.2) is 35.4 Å². The molecule has 0 radical (unpaired) electrons. The first kappa shape index (κ1) is 19.5. The number of amides is 2. The number of benzene rings is 2. The average Bonchev–Trinajstić information content (AvgIpc) is 3.12. The second-order valence-electron chi connectivity index (χ2n) is 7.53. The van der Waals surface area contributed by atoms with Gasteiger partial charge in [0, 0.05) is 23.4 Å². The molecular weight excluding hydrogens is 390 g/mol. The predicted octanol–water partition coefficient (Wildman–Crippen LogP) is 2.94. The van der Waals surface area contributed by atoms with E-state index in [2.05, 4.69) is 27.9 Å². The van der Waals surface area contributed by atoms with Gasteiger partial charge in [0.1, 0.15) is 11.6 Å². The molecule has 29 heavy (non-hydrogen) atoms. The van der Waals surface area contributed by atoms with Gasteiger partial charge in [0.25, 0.3) is 0 Å². The van der Waals surface area contributed by atoms with E-state index in [0.29, 0.717) is 17.8 Å². The highest BCUT2D eigenvalue weighted by Crippen LogP contribution is 2.43. The van der Waals surface area contributed by atoms with Crippen molar-refractivity contribution in [3.05, 3.63) is 65.9 Å². The van der Waals surface area contributed by atoms with E-state index in [1.807, 2.05) is 42.5 Å². The maximum absolute atomic E-state index is 12.5. The van der Waals surface area contributed by atoms with Crippen LogP contribution >= 0.6 is 11.6 Å². The molecule has 7 heteroatoms. The minimum atomic E-state index is -0.193. The largest absolute Gasteiger partial charge is 0.356 e. The summed E-state index contributed by atoms with van der Waals surface area (Å²) in [6.45, 7) is 0.503. The second-order valence-corrected chi connectivity index (χ2v) is 7.80. The van der Waals surface area contributed by atoms with Crippen molar-refractivity contribution in [1.29, 1.82) is 0 Å². The van der Waals surface area contributed by atoms with Gasteiger partial charge >= 0.3 is 0 Å². The van der Waals surface area contributed by atoms with Crippen LogP contribution in [0.25, 0.3) is 11.0 Å². The summed E-state index contributed by atoms with van der Waals surface area (Å²) >= 11 is 5.61. The quantitative estimate of drug-likeness (QED) is 0.585. The van der Waals surface area contributed by atoms with E-state index in [1.54, 1.807) is 0 Å². The first-order chi connectivity index (χ1) is 14.1. The summed E-state index contributed by atoms with van der Waals surface area (Å²) in [5.41, 5.74) is 2.28. The third-order valence-corrected chi connectivity index (χ3v) is 5.79. The molecule has 6 nitrogen and oxygen atoms in total. The van der Waals surface area contributed by atoms with Crippen molar-refractivity contribution in [2.45, 2.75) is 30.7 Å². The van der Waals surface area contributed by atoms with Crippen LogP contribution in [-0.2, 0) is 21.4 Å². The number of aromatic nitrogens is 1. The normalized spacial score (nSPS) is 20.8. The molecule has 1 aliphatic carbocycles. The molecule has 0 saturated heterocycles. The summed E-state index contributed by atoms with van der Waals surface area (Å²) in [5.74, 6) is -0.329. The van der Waals surface area contributed by atoms with Crippen LogP contribution in [0.15, 0.2) is 59.1 Å². The molecule has 1 heterocycles. The molecule has 1 fully saturated rings. The van der Waals surface area contributed by atoms with Crippen LogP contribution in [0.2, 0.25) is 0 Å². The standard InChI is InChI=1S/C22H22ClN3O3/c23-13-21(28)24-14-22(15-6-2-1-3-7-15)11-16(12-22)25-20(27)10-18-17-8-4-5-9-19(17)29-26-18/h1-9,16H,10-14H2,(H,24,28)(H,25,27). The number of hydrogen-bond acceptors (Lipinski definition) is 4. The van der Waals surface area contributed by atoms with Crippen LogP contribution in [0.1, 0.15) is 24.1 Å². The number of nitrogens with one attached hydrogen (secondary N) is 2. The number of alkyl halides is 1. The number of rotatable bonds is 7. The number of halogens is 1. The molecule has 1 saturated carbocycles. The predicted molar refractivity (Wildman–Crippen MR) is 111 cm³/mol. The van der Waals surface area contributed by atoms with Gasteiger partial charge in [0.2, 0.25) is 11.8 Å². The fourth-order valence-corrected chi connectivity index (χ4v) is 4.17. The zero-order chi connectivity index (χ0) is 20.3. The molecule has 0 bridgehead atoms. The summed E-state index contributed by atoms with van der Waals surface area (Å²) in [7, 11) is 0. The molecule has 0 aliphatic heterocycles. The van der Waals surface area contributed by atoms with Crippen molar-refractivity contribution in [2.24, 2.45) is 0 Å². The van der Waals surface area contributed by atoms with Crippen molar-refractivity contribution in [3.8, 4) is 0 Å². The topological polar surface area (TPSA) is 84.2 Å². The molecule has 1 aromatic heterocycles. The molecule has 3 aromatic rings. The minimum absolute atomic E-state index is 0.0498. The van der Waals surface area contributed by atoms with Crippen LogP contribution in [0.3, 0.4) is 0 Å². The Kier molecular flexibility index (Phi) is 5.53. The zero-order valence-corrected chi connectivity index (χ0v) is 16.6. The third-order valence-electron chi connectivity index (χ3n) is 5.55. The molecule has 150 valence electrons. The Labute approximate surface area is 173 Å². The molecule has 1 aliphatic rings. The maximum atomic E-state index is 12.5. The minimum Gasteiger partial charge on any atom is -0.356 e. The van der Waals surface area contributed by atoms with Gasteiger partial charge in [-0.2, -0.15) is 0 Å². The SMILES string of the molecule is O=C(CCl)NCC1(c2ccccc2)CC(NC(=O)Cc2noc3ccccc23)C1. The Balaban J connectivity index is 1.39. The van der Waals surface area contributed by atoms with Crippen molar-refractivity contribution in [2.75, 3.05) is 12.4 Å². The van der Waals surface area contributed by atoms with Gasteiger partial charge < -0.3 is 15.2 Å². The van der Waals surface area contributed by atoms with E-state index in [-0.39, 0.29) is 35.6 Å². The molecule has 0 spiro atoms. The van der Waals surface area contributed by atoms with Gasteiger partial charge in [-0.05, 0) is 30.5 Å². The number of carbonyl (C=O) groups excluding carboxylic acids is 2. The summed E-state index contributed by atoms with van der Waals surface area (Å²) in [4.78, 5) is 24.2. The van der Waals surface area contributed by atoms with Crippen molar-refractivity contribution in [3.63, 3.8) is 0 Å². The van der Waals surface area contributed by atoms with E-state index >= 15 is 0 Å². The highest BCUT2D eigenvalue weighted by molar-refractivity contribution is 6.27. The van der Waals surface area contributed by atoms with Crippen molar-refractivity contribution >= 4 is 34.4 Å². The lowest BCUT2D eigenvalue weighted by Gasteiger charge is -2.48. The van der Waals surface area contributed by atoms with E-state index in [1.165, 1.54) is 0 Å². The number of hydrogen-bond donors (Lipinski definition) is 2. The van der Waals surface area contributed by atoms with Crippen LogP contribution < -0.4 is 10.6 Å². The van der Waals surface area contributed by atoms with Crippen LogP contribution in [0.4, 0.5) is 0 Å². The first-order valence-corrected chi connectivity index (χ1v) is 10.1. The summed E-state index contributed by atoms with van der Waals surface area (Å²) in [5, 5.41) is 10.9. The Bertz CT molecular complexity index is 1010. The summed E-state index contributed by atoms with van der Waals surface area (Å²) < 4.78 is 5.27. The Morgan fingerprint density at radius 3 is 2.55 bits per heavy atom. The highest BCUT2D eigenvalue weighted by Gasteiger charge is 2.46. The zero-order valence-electron chi connectivity index (χ0n) is 15.9. The molecule has 2 N–H and O–H groups in total. The van der Waals surface area contributed by atoms with Gasteiger partial charge in [0.05, 0.1) is 6.42 Å². The number of para-hydroxylation sites is 1. The summed E-state index contributed by atoms with van der Waals surface area (Å²) in [6, 6.07) is 17.6. The lowest BCUT2D eigenvalue weighted by Crippen LogP contribution is -2.58. The Morgan fingerprint density at radius 1 is 1.07 bits per heavy atom. The second kappa shape index (κ2) is 8.25. The first-order valence-electron chi connectivity index (χ1n) is 9.60. The van der Waals surface area contributed by atoms with E-state index in [9.17, 15) is 9.59 Å². The van der Waals surface area contributed by atoms with E-state index in [4.69, 9.17) is 16.1 Å². The third kappa shape index (κ3) is 4.12. The molecule has 0 unspecified atom stereocenters. The fourth-order valence-electron chi connectivity index (χ4n) is 4.07. The van der Waals surface area contributed by atoms with Gasteiger partial charge in [-0.25, -0.2) is 0 Å². The smallest absolute Gasteiger partial charge is 0.234 e. The highest BCUT2D eigenvalue weighted by atomic mass is 35.5. The van der Waals surface area contributed by atoms with E-state index < -0.39 is 0 Å². The molecule has 0 atom stereocenters. The molecule has 2 aromatic carbocycles. The van der Waals surface area contributed by atoms with Crippen molar-refractivity contribution < 1.29 is 14.1 Å². The Hall–Kier alpha value is -2.86.